The lowest BCUT2D eigenvalue weighted by atomic mass is 10.1. The first kappa shape index (κ1) is 12.2. The first-order valence-corrected chi connectivity index (χ1v) is 6.39. The molecule has 0 aliphatic heterocycles. The molecule has 2 aromatic heterocycles. The van der Waals surface area contributed by atoms with Gasteiger partial charge in [0, 0.05) is 18.1 Å². The summed E-state index contributed by atoms with van der Waals surface area (Å²) in [6.07, 6.45) is 3.65. The number of nitrogens with zero attached hydrogens (tertiary/aromatic N) is 4. The molecule has 0 spiro atoms. The van der Waals surface area contributed by atoms with Crippen molar-refractivity contribution in [2.45, 2.75) is 13.5 Å². The highest BCUT2D eigenvalue weighted by atomic mass is 15.3. The molecule has 0 unspecified atom stereocenters. The van der Waals surface area contributed by atoms with Gasteiger partial charge < -0.3 is 5.32 Å². The van der Waals surface area contributed by atoms with Gasteiger partial charge in [0.25, 0.3) is 0 Å². The molecule has 0 radical (unpaired) electrons. The molecule has 1 aromatic carbocycles. The standard InChI is InChI=1S/C15H13N5/c1-2-20-10-12(9-17-20)18-15-7-11(8-16)13-5-3-4-6-14(13)19-15/h3-7,9-10H,2H2,1H3,(H,18,19). The van der Waals surface area contributed by atoms with Gasteiger partial charge in [-0.25, -0.2) is 4.98 Å². The first-order valence-electron chi connectivity index (χ1n) is 6.39. The molecule has 0 atom stereocenters. The summed E-state index contributed by atoms with van der Waals surface area (Å²) in [5, 5.41) is 17.5. The lowest BCUT2D eigenvalue weighted by Crippen LogP contribution is -1.95. The van der Waals surface area contributed by atoms with Crippen LogP contribution in [-0.2, 0) is 6.54 Å². The second-order valence-electron chi connectivity index (χ2n) is 4.39. The number of fused-ring (bicyclic) bond motifs is 1. The number of hydrogen-bond donors (Lipinski definition) is 1. The average molecular weight is 263 g/mol. The van der Waals surface area contributed by atoms with E-state index in [2.05, 4.69) is 21.5 Å². The van der Waals surface area contributed by atoms with E-state index in [1.54, 1.807) is 12.3 Å². The van der Waals surface area contributed by atoms with Crippen molar-refractivity contribution in [3.8, 4) is 6.07 Å². The molecule has 3 rings (SSSR count). The van der Waals surface area contributed by atoms with Crippen LogP contribution in [0.1, 0.15) is 12.5 Å². The molecule has 0 saturated heterocycles. The molecule has 0 aliphatic rings. The van der Waals surface area contributed by atoms with Crippen molar-refractivity contribution in [1.29, 1.82) is 5.26 Å². The molecule has 5 nitrogen and oxygen atoms in total. The third kappa shape index (κ3) is 2.19. The average Bonchev–Trinajstić information content (AvgIpc) is 2.94. The van der Waals surface area contributed by atoms with Crippen molar-refractivity contribution in [2.75, 3.05) is 5.32 Å². The van der Waals surface area contributed by atoms with Gasteiger partial charge >= 0.3 is 0 Å². The van der Waals surface area contributed by atoms with E-state index < -0.39 is 0 Å². The second-order valence-corrected chi connectivity index (χ2v) is 4.39. The van der Waals surface area contributed by atoms with Crippen molar-refractivity contribution in [3.63, 3.8) is 0 Å². The van der Waals surface area contributed by atoms with E-state index in [4.69, 9.17) is 0 Å². The SMILES string of the molecule is CCn1cc(Nc2cc(C#N)c3ccccc3n2)cn1. The summed E-state index contributed by atoms with van der Waals surface area (Å²) >= 11 is 0. The van der Waals surface area contributed by atoms with Crippen molar-refractivity contribution >= 4 is 22.4 Å². The molecule has 3 aromatic rings. The summed E-state index contributed by atoms with van der Waals surface area (Å²) in [5.41, 5.74) is 2.27. The summed E-state index contributed by atoms with van der Waals surface area (Å²) in [5.74, 6) is 0.649. The fourth-order valence-corrected chi connectivity index (χ4v) is 2.08. The molecular weight excluding hydrogens is 250 g/mol. The Morgan fingerprint density at radius 3 is 2.95 bits per heavy atom. The van der Waals surface area contributed by atoms with Gasteiger partial charge in [0.15, 0.2) is 0 Å². The van der Waals surface area contributed by atoms with Gasteiger partial charge in [-0.05, 0) is 19.1 Å². The second kappa shape index (κ2) is 5.02. The Balaban J connectivity index is 2.01. The van der Waals surface area contributed by atoms with Gasteiger partial charge in [-0.15, -0.1) is 0 Å². The zero-order chi connectivity index (χ0) is 13.9. The Bertz CT molecular complexity index is 797. The van der Waals surface area contributed by atoms with Crippen LogP contribution in [0.15, 0.2) is 42.7 Å². The minimum atomic E-state index is 0.612. The fraction of sp³-hybridized carbons (Fsp3) is 0.133. The van der Waals surface area contributed by atoms with Crippen LogP contribution in [0.2, 0.25) is 0 Å². The van der Waals surface area contributed by atoms with Gasteiger partial charge in [0.2, 0.25) is 0 Å². The number of para-hydroxylation sites is 1. The Morgan fingerprint density at radius 2 is 2.20 bits per heavy atom. The summed E-state index contributed by atoms with van der Waals surface area (Å²) in [6.45, 7) is 2.84. The normalized spacial score (nSPS) is 10.4. The van der Waals surface area contributed by atoms with Gasteiger partial charge in [0.05, 0.1) is 29.0 Å². The number of pyridine rings is 1. The predicted octanol–water partition coefficient (Wildman–Crippen LogP) is 3.07. The van der Waals surface area contributed by atoms with E-state index in [1.807, 2.05) is 42.1 Å². The molecule has 2 heterocycles. The zero-order valence-electron chi connectivity index (χ0n) is 11.0. The van der Waals surface area contributed by atoms with E-state index >= 15 is 0 Å². The first-order chi connectivity index (χ1) is 9.80. The van der Waals surface area contributed by atoms with Crippen molar-refractivity contribution in [3.05, 3.63) is 48.3 Å². The maximum Gasteiger partial charge on any atom is 0.132 e. The molecule has 1 N–H and O–H groups in total. The largest absolute Gasteiger partial charge is 0.338 e. The number of nitrogens with one attached hydrogen (secondary N) is 1. The third-order valence-corrected chi connectivity index (χ3v) is 3.07. The number of benzene rings is 1. The molecule has 5 heteroatoms. The maximum atomic E-state index is 9.25. The monoisotopic (exact) mass is 263 g/mol. The molecule has 98 valence electrons. The lowest BCUT2D eigenvalue weighted by molar-refractivity contribution is 0.660. The third-order valence-electron chi connectivity index (χ3n) is 3.07. The Kier molecular flexibility index (Phi) is 3.05. The summed E-state index contributed by atoms with van der Waals surface area (Å²) in [7, 11) is 0. The Labute approximate surface area is 116 Å². The van der Waals surface area contributed by atoms with Gasteiger partial charge in [-0.3, -0.25) is 4.68 Å². The summed E-state index contributed by atoms with van der Waals surface area (Å²) in [4.78, 5) is 4.51. The van der Waals surface area contributed by atoms with Crippen LogP contribution < -0.4 is 5.32 Å². The van der Waals surface area contributed by atoms with E-state index in [0.29, 0.717) is 11.4 Å². The molecule has 0 bridgehead atoms. The molecule has 20 heavy (non-hydrogen) atoms. The van der Waals surface area contributed by atoms with Crippen LogP contribution in [0.4, 0.5) is 11.5 Å². The van der Waals surface area contributed by atoms with Crippen LogP contribution in [-0.4, -0.2) is 14.8 Å². The quantitative estimate of drug-likeness (QED) is 0.788. The fourth-order valence-electron chi connectivity index (χ4n) is 2.08. The van der Waals surface area contributed by atoms with Crippen LogP contribution in [0.3, 0.4) is 0 Å². The number of hydrogen-bond acceptors (Lipinski definition) is 4. The van der Waals surface area contributed by atoms with Gasteiger partial charge in [0.1, 0.15) is 5.82 Å². The van der Waals surface area contributed by atoms with E-state index in [9.17, 15) is 5.26 Å². The van der Waals surface area contributed by atoms with E-state index in [0.717, 1.165) is 23.1 Å². The number of nitriles is 1. The minimum absolute atomic E-state index is 0.612. The van der Waals surface area contributed by atoms with Crippen LogP contribution in [0, 0.1) is 11.3 Å². The molecule has 0 amide bonds. The predicted molar refractivity (Wildman–Crippen MR) is 77.6 cm³/mol. The smallest absolute Gasteiger partial charge is 0.132 e. The molecule has 0 aliphatic carbocycles. The van der Waals surface area contributed by atoms with Gasteiger partial charge in [-0.2, -0.15) is 10.4 Å². The van der Waals surface area contributed by atoms with E-state index in [1.165, 1.54) is 0 Å². The zero-order valence-corrected chi connectivity index (χ0v) is 11.0. The number of anilines is 2. The highest BCUT2D eigenvalue weighted by Crippen LogP contribution is 2.22. The minimum Gasteiger partial charge on any atom is -0.338 e. The van der Waals surface area contributed by atoms with Crippen LogP contribution in [0.5, 0.6) is 0 Å². The number of aromatic nitrogens is 3. The summed E-state index contributed by atoms with van der Waals surface area (Å²) in [6, 6.07) is 11.6. The Hall–Kier alpha value is -2.87. The topological polar surface area (TPSA) is 66.5 Å². The summed E-state index contributed by atoms with van der Waals surface area (Å²) < 4.78 is 1.83. The highest BCUT2D eigenvalue weighted by Gasteiger charge is 2.06. The van der Waals surface area contributed by atoms with E-state index in [-0.39, 0.29) is 0 Å². The van der Waals surface area contributed by atoms with Crippen molar-refractivity contribution < 1.29 is 0 Å². The highest BCUT2D eigenvalue weighted by molar-refractivity contribution is 5.86. The number of rotatable bonds is 3. The number of aryl methyl sites for hydroxylation is 1. The van der Waals surface area contributed by atoms with Crippen molar-refractivity contribution in [2.24, 2.45) is 0 Å². The van der Waals surface area contributed by atoms with Gasteiger partial charge in [-0.1, -0.05) is 18.2 Å². The lowest BCUT2D eigenvalue weighted by Gasteiger charge is -2.06. The molecule has 0 fully saturated rings. The van der Waals surface area contributed by atoms with Crippen LogP contribution >= 0.6 is 0 Å². The molecular formula is C15H13N5. The molecule has 0 saturated carbocycles. The Morgan fingerprint density at radius 1 is 1.35 bits per heavy atom. The van der Waals surface area contributed by atoms with Crippen LogP contribution in [0.25, 0.3) is 10.9 Å². The van der Waals surface area contributed by atoms with Crippen molar-refractivity contribution in [1.82, 2.24) is 14.8 Å². The maximum absolute atomic E-state index is 9.25.